The number of hydrogen-bond acceptors (Lipinski definition) is 1. The van der Waals surface area contributed by atoms with Crippen molar-refractivity contribution in [2.45, 2.75) is 6.42 Å². The Labute approximate surface area is 82.9 Å². The van der Waals surface area contributed by atoms with Crippen LogP contribution in [0.2, 0.25) is 0 Å². The number of nitrogens with zero attached hydrogens (tertiary/aromatic N) is 1. The minimum absolute atomic E-state index is 0. The second-order valence-corrected chi connectivity index (χ2v) is 2.87. The van der Waals surface area contributed by atoms with Gasteiger partial charge in [-0.3, -0.25) is 4.90 Å². The van der Waals surface area contributed by atoms with Crippen molar-refractivity contribution >= 4 is 24.1 Å². The predicted molar refractivity (Wildman–Crippen MR) is 54.3 cm³/mol. The van der Waals surface area contributed by atoms with Gasteiger partial charge < -0.3 is 5.73 Å². The second kappa shape index (κ2) is 3.66. The summed E-state index contributed by atoms with van der Waals surface area (Å²) in [7, 11) is 0. The molecule has 1 aromatic rings. The molecule has 0 unspecified atom stereocenters. The number of amides is 2. The zero-order valence-electron chi connectivity index (χ0n) is 7.06. The van der Waals surface area contributed by atoms with Gasteiger partial charge in [-0.2, -0.15) is 0 Å². The molecule has 0 radical (unpaired) electrons. The van der Waals surface area contributed by atoms with Crippen molar-refractivity contribution in [2.24, 2.45) is 5.73 Å². The van der Waals surface area contributed by atoms with E-state index in [1.165, 1.54) is 5.56 Å². The molecular formula is C9H11ClN2O. The van der Waals surface area contributed by atoms with E-state index in [0.717, 1.165) is 12.1 Å². The van der Waals surface area contributed by atoms with E-state index in [1.807, 2.05) is 24.3 Å². The standard InChI is InChI=1S/C9H10N2O.ClH/c10-9(12)11-6-5-7-3-1-2-4-8(7)11;/h1-4H,5-6H2,(H2,10,12);1H. The van der Waals surface area contributed by atoms with Gasteiger partial charge in [-0.1, -0.05) is 18.2 Å². The molecule has 0 fully saturated rings. The maximum Gasteiger partial charge on any atom is 0.319 e. The zero-order chi connectivity index (χ0) is 8.55. The van der Waals surface area contributed by atoms with Crippen LogP contribution in [-0.2, 0) is 6.42 Å². The summed E-state index contributed by atoms with van der Waals surface area (Å²) in [4.78, 5) is 12.5. The van der Waals surface area contributed by atoms with E-state index < -0.39 is 0 Å². The topological polar surface area (TPSA) is 46.3 Å². The fourth-order valence-corrected chi connectivity index (χ4v) is 1.57. The highest BCUT2D eigenvalue weighted by Crippen LogP contribution is 2.26. The SMILES string of the molecule is Cl.NC(=O)N1CCc2ccccc21. The molecule has 0 spiro atoms. The van der Waals surface area contributed by atoms with Crippen molar-refractivity contribution in [3.05, 3.63) is 29.8 Å². The molecule has 1 aliphatic rings. The average molecular weight is 199 g/mol. The molecule has 3 nitrogen and oxygen atoms in total. The monoisotopic (exact) mass is 198 g/mol. The Kier molecular flexibility index (Phi) is 2.78. The molecule has 13 heavy (non-hydrogen) atoms. The first-order valence-electron chi connectivity index (χ1n) is 3.94. The molecule has 0 atom stereocenters. The fraction of sp³-hybridized carbons (Fsp3) is 0.222. The quantitative estimate of drug-likeness (QED) is 0.676. The van der Waals surface area contributed by atoms with Crippen LogP contribution in [0.3, 0.4) is 0 Å². The van der Waals surface area contributed by atoms with Crippen LogP contribution in [0.15, 0.2) is 24.3 Å². The number of hydrogen-bond donors (Lipinski definition) is 1. The minimum Gasteiger partial charge on any atom is -0.351 e. The summed E-state index contributed by atoms with van der Waals surface area (Å²) in [5, 5.41) is 0. The van der Waals surface area contributed by atoms with Crippen molar-refractivity contribution in [3.63, 3.8) is 0 Å². The Morgan fingerprint density at radius 2 is 2.08 bits per heavy atom. The van der Waals surface area contributed by atoms with E-state index in [-0.39, 0.29) is 18.4 Å². The Morgan fingerprint density at radius 1 is 1.38 bits per heavy atom. The molecule has 0 aromatic heterocycles. The Balaban J connectivity index is 0.000000845. The van der Waals surface area contributed by atoms with E-state index in [0.29, 0.717) is 6.54 Å². The maximum atomic E-state index is 10.9. The second-order valence-electron chi connectivity index (χ2n) is 2.87. The lowest BCUT2D eigenvalue weighted by molar-refractivity contribution is 0.254. The van der Waals surface area contributed by atoms with Crippen LogP contribution >= 0.6 is 12.4 Å². The normalized spacial score (nSPS) is 13.4. The van der Waals surface area contributed by atoms with Gasteiger partial charge in [-0.25, -0.2) is 4.79 Å². The third-order valence-electron chi connectivity index (χ3n) is 2.15. The summed E-state index contributed by atoms with van der Waals surface area (Å²) in [6.45, 7) is 0.717. The van der Waals surface area contributed by atoms with Crippen molar-refractivity contribution in [1.29, 1.82) is 0 Å². The van der Waals surface area contributed by atoms with Gasteiger partial charge in [0.25, 0.3) is 0 Å². The number of rotatable bonds is 0. The molecule has 2 rings (SSSR count). The average Bonchev–Trinajstić information content (AvgIpc) is 2.47. The number of halogens is 1. The number of benzene rings is 1. The van der Waals surface area contributed by atoms with Crippen molar-refractivity contribution < 1.29 is 4.79 Å². The third-order valence-corrected chi connectivity index (χ3v) is 2.15. The zero-order valence-corrected chi connectivity index (χ0v) is 7.88. The molecule has 1 aliphatic heterocycles. The highest BCUT2D eigenvalue weighted by atomic mass is 35.5. The predicted octanol–water partition coefficient (Wildman–Crippen LogP) is 1.55. The van der Waals surface area contributed by atoms with Gasteiger partial charge >= 0.3 is 6.03 Å². The molecule has 0 aliphatic carbocycles. The molecule has 1 aromatic carbocycles. The lowest BCUT2D eigenvalue weighted by Crippen LogP contribution is -2.33. The van der Waals surface area contributed by atoms with Crippen LogP contribution in [0.5, 0.6) is 0 Å². The smallest absolute Gasteiger partial charge is 0.319 e. The first-order chi connectivity index (χ1) is 5.79. The molecule has 2 amide bonds. The molecule has 0 bridgehead atoms. The number of nitrogens with two attached hydrogens (primary N) is 1. The van der Waals surface area contributed by atoms with Gasteiger partial charge in [0.15, 0.2) is 0 Å². The summed E-state index contributed by atoms with van der Waals surface area (Å²) < 4.78 is 0. The van der Waals surface area contributed by atoms with Gasteiger partial charge in [0, 0.05) is 12.2 Å². The van der Waals surface area contributed by atoms with E-state index >= 15 is 0 Å². The van der Waals surface area contributed by atoms with Crippen LogP contribution in [0.4, 0.5) is 10.5 Å². The Morgan fingerprint density at radius 3 is 2.77 bits per heavy atom. The van der Waals surface area contributed by atoms with Crippen molar-refractivity contribution in [3.8, 4) is 0 Å². The summed E-state index contributed by atoms with van der Waals surface area (Å²) in [5.41, 5.74) is 7.37. The Bertz CT molecular complexity index is 327. The number of primary amides is 1. The first-order valence-corrected chi connectivity index (χ1v) is 3.94. The van der Waals surface area contributed by atoms with Crippen LogP contribution in [0.1, 0.15) is 5.56 Å². The highest BCUT2D eigenvalue weighted by molar-refractivity contribution is 5.92. The number of carbonyl (C=O) groups excluding carboxylic acids is 1. The van der Waals surface area contributed by atoms with E-state index in [4.69, 9.17) is 5.73 Å². The van der Waals surface area contributed by atoms with Gasteiger partial charge in [-0.15, -0.1) is 12.4 Å². The molecule has 4 heteroatoms. The highest BCUT2D eigenvalue weighted by Gasteiger charge is 2.21. The van der Waals surface area contributed by atoms with Gasteiger partial charge in [0.2, 0.25) is 0 Å². The molecule has 70 valence electrons. The maximum absolute atomic E-state index is 10.9. The number of carbonyl (C=O) groups is 1. The van der Waals surface area contributed by atoms with Gasteiger partial charge in [-0.05, 0) is 18.1 Å². The van der Waals surface area contributed by atoms with Crippen molar-refractivity contribution in [2.75, 3.05) is 11.4 Å². The van der Waals surface area contributed by atoms with Crippen LogP contribution in [0, 0.1) is 0 Å². The van der Waals surface area contributed by atoms with Gasteiger partial charge in [0.05, 0.1) is 0 Å². The van der Waals surface area contributed by atoms with Gasteiger partial charge in [0.1, 0.15) is 0 Å². The fourth-order valence-electron chi connectivity index (χ4n) is 1.57. The van der Waals surface area contributed by atoms with E-state index in [9.17, 15) is 4.79 Å². The number of para-hydroxylation sites is 1. The summed E-state index contributed by atoms with van der Waals surface area (Å²) in [5.74, 6) is 0. The van der Waals surface area contributed by atoms with Crippen LogP contribution < -0.4 is 10.6 Å². The third kappa shape index (κ3) is 1.60. The van der Waals surface area contributed by atoms with E-state index in [1.54, 1.807) is 4.90 Å². The number of fused-ring (bicyclic) bond motifs is 1. The van der Waals surface area contributed by atoms with Crippen LogP contribution in [0.25, 0.3) is 0 Å². The molecule has 0 saturated carbocycles. The van der Waals surface area contributed by atoms with Crippen LogP contribution in [-0.4, -0.2) is 12.6 Å². The summed E-state index contributed by atoms with van der Waals surface area (Å²) in [6, 6.07) is 7.48. The number of urea groups is 1. The number of anilines is 1. The first kappa shape index (κ1) is 9.86. The molecule has 1 heterocycles. The lowest BCUT2D eigenvalue weighted by Gasteiger charge is -2.12. The Hall–Kier alpha value is -1.22. The minimum atomic E-state index is -0.361. The molecule has 2 N–H and O–H groups in total. The van der Waals surface area contributed by atoms with Crippen molar-refractivity contribution in [1.82, 2.24) is 0 Å². The summed E-state index contributed by atoms with van der Waals surface area (Å²) in [6.07, 6.45) is 0.916. The largest absolute Gasteiger partial charge is 0.351 e. The molecular weight excluding hydrogens is 188 g/mol. The summed E-state index contributed by atoms with van der Waals surface area (Å²) >= 11 is 0. The lowest BCUT2D eigenvalue weighted by atomic mass is 10.2. The molecule has 0 saturated heterocycles. The van der Waals surface area contributed by atoms with E-state index in [2.05, 4.69) is 0 Å².